The van der Waals surface area contributed by atoms with Crippen LogP contribution in [0.4, 0.5) is 10.5 Å². The van der Waals surface area contributed by atoms with Crippen molar-refractivity contribution in [3.05, 3.63) is 29.8 Å². The number of anilines is 1. The second-order valence-corrected chi connectivity index (χ2v) is 4.12. The summed E-state index contributed by atoms with van der Waals surface area (Å²) in [5, 5.41) is 11.5. The Hall–Kier alpha value is -2.06. The molecule has 5 heteroatoms. The third kappa shape index (κ3) is 2.74. The number of benzene rings is 1. The van der Waals surface area contributed by atoms with E-state index in [2.05, 4.69) is 5.32 Å². The number of carbonyl (C=O) groups is 1. The molecule has 1 aromatic carbocycles. The molecule has 88 valence electrons. The molecule has 1 fully saturated rings. The number of nitrogens with one attached hydrogen (secondary N) is 1. The summed E-state index contributed by atoms with van der Waals surface area (Å²) in [7, 11) is 0. The smallest absolute Gasteiger partial charge is 0.321 e. The van der Waals surface area contributed by atoms with Crippen LogP contribution in [-0.4, -0.2) is 30.1 Å². The van der Waals surface area contributed by atoms with Crippen molar-refractivity contribution in [1.82, 2.24) is 4.90 Å². The summed E-state index contributed by atoms with van der Waals surface area (Å²) in [5.74, 6) is 0. The van der Waals surface area contributed by atoms with Crippen LogP contribution >= 0.6 is 0 Å². The van der Waals surface area contributed by atoms with Gasteiger partial charge in [-0.2, -0.15) is 5.26 Å². The first-order chi connectivity index (χ1) is 8.19. The minimum Gasteiger partial charge on any atom is -0.326 e. The standard InChI is InChI=1S/C12H14N4O/c13-7-9-2-1-3-11(6-9)15-12(17)16-5-4-10(14)8-16/h1-3,6,10H,4-5,8,14H2,(H,15,17)/t10-/m0/s1. The minimum atomic E-state index is -0.159. The normalized spacial score (nSPS) is 18.8. The Morgan fingerprint density at radius 1 is 1.59 bits per heavy atom. The largest absolute Gasteiger partial charge is 0.326 e. The fourth-order valence-corrected chi connectivity index (χ4v) is 1.84. The van der Waals surface area contributed by atoms with Gasteiger partial charge in [-0.1, -0.05) is 6.07 Å². The van der Waals surface area contributed by atoms with Gasteiger partial charge in [0.1, 0.15) is 0 Å². The summed E-state index contributed by atoms with van der Waals surface area (Å²) in [6.07, 6.45) is 0.839. The van der Waals surface area contributed by atoms with Crippen molar-refractivity contribution in [3.63, 3.8) is 0 Å². The van der Waals surface area contributed by atoms with Gasteiger partial charge in [0.15, 0.2) is 0 Å². The Balaban J connectivity index is 2.01. The Kier molecular flexibility index (Phi) is 3.26. The lowest BCUT2D eigenvalue weighted by Crippen LogP contribution is -2.35. The van der Waals surface area contributed by atoms with Crippen molar-refractivity contribution in [1.29, 1.82) is 5.26 Å². The van der Waals surface area contributed by atoms with E-state index in [1.54, 1.807) is 29.2 Å². The highest BCUT2D eigenvalue weighted by Gasteiger charge is 2.23. The molecule has 1 aliphatic rings. The molecule has 1 heterocycles. The Bertz CT molecular complexity index is 466. The maximum absolute atomic E-state index is 11.8. The van der Waals surface area contributed by atoms with Crippen LogP contribution in [0.5, 0.6) is 0 Å². The number of rotatable bonds is 1. The highest BCUT2D eigenvalue weighted by atomic mass is 16.2. The molecule has 0 spiro atoms. The molecule has 17 heavy (non-hydrogen) atoms. The lowest BCUT2D eigenvalue weighted by molar-refractivity contribution is 0.222. The van der Waals surface area contributed by atoms with Crippen LogP contribution in [0.1, 0.15) is 12.0 Å². The van der Waals surface area contributed by atoms with Gasteiger partial charge in [-0.25, -0.2) is 4.79 Å². The summed E-state index contributed by atoms with van der Waals surface area (Å²) < 4.78 is 0. The first kappa shape index (κ1) is 11.4. The van der Waals surface area contributed by atoms with Crippen molar-refractivity contribution >= 4 is 11.7 Å². The van der Waals surface area contributed by atoms with Crippen molar-refractivity contribution < 1.29 is 4.79 Å². The molecule has 3 N–H and O–H groups in total. The fraction of sp³-hybridized carbons (Fsp3) is 0.333. The molecular formula is C12H14N4O. The molecular weight excluding hydrogens is 216 g/mol. The number of likely N-dealkylation sites (tertiary alicyclic amines) is 1. The summed E-state index contributed by atoms with van der Waals surface area (Å²) in [6.45, 7) is 1.27. The van der Waals surface area contributed by atoms with E-state index in [1.165, 1.54) is 0 Å². The number of amides is 2. The molecule has 0 saturated carbocycles. The van der Waals surface area contributed by atoms with Gasteiger partial charge in [-0.15, -0.1) is 0 Å². The molecule has 2 amide bonds. The molecule has 2 rings (SSSR count). The maximum Gasteiger partial charge on any atom is 0.321 e. The van der Waals surface area contributed by atoms with Gasteiger partial charge in [0.05, 0.1) is 11.6 Å². The van der Waals surface area contributed by atoms with Crippen LogP contribution in [0.3, 0.4) is 0 Å². The molecule has 1 aromatic rings. The van der Waals surface area contributed by atoms with Gasteiger partial charge in [0.2, 0.25) is 0 Å². The Labute approximate surface area is 99.8 Å². The monoisotopic (exact) mass is 230 g/mol. The molecule has 0 aromatic heterocycles. The van der Waals surface area contributed by atoms with E-state index in [0.717, 1.165) is 6.42 Å². The quantitative estimate of drug-likeness (QED) is 0.758. The average molecular weight is 230 g/mol. The maximum atomic E-state index is 11.8. The molecule has 5 nitrogen and oxygen atoms in total. The van der Waals surface area contributed by atoms with E-state index >= 15 is 0 Å². The fourth-order valence-electron chi connectivity index (χ4n) is 1.84. The first-order valence-electron chi connectivity index (χ1n) is 5.50. The van der Waals surface area contributed by atoms with Crippen LogP contribution in [0.15, 0.2) is 24.3 Å². The number of urea groups is 1. The van der Waals surface area contributed by atoms with Gasteiger partial charge >= 0.3 is 6.03 Å². The number of nitrogens with zero attached hydrogens (tertiary/aromatic N) is 2. The predicted octanol–water partition coefficient (Wildman–Crippen LogP) is 1.12. The molecule has 1 saturated heterocycles. The summed E-state index contributed by atoms with van der Waals surface area (Å²) in [5.41, 5.74) is 6.90. The van der Waals surface area contributed by atoms with Crippen LogP contribution in [0.2, 0.25) is 0 Å². The van der Waals surface area contributed by atoms with E-state index in [1.807, 2.05) is 6.07 Å². The highest BCUT2D eigenvalue weighted by molar-refractivity contribution is 5.89. The number of hydrogen-bond donors (Lipinski definition) is 2. The second-order valence-electron chi connectivity index (χ2n) is 4.12. The van der Waals surface area contributed by atoms with Crippen LogP contribution in [0.25, 0.3) is 0 Å². The summed E-state index contributed by atoms with van der Waals surface area (Å²) >= 11 is 0. The SMILES string of the molecule is N#Cc1cccc(NC(=O)N2CC[C@H](N)C2)c1. The van der Waals surface area contributed by atoms with Gasteiger partial charge < -0.3 is 16.0 Å². The van der Waals surface area contributed by atoms with Crippen LogP contribution in [-0.2, 0) is 0 Å². The van der Waals surface area contributed by atoms with Crippen molar-refractivity contribution in [2.75, 3.05) is 18.4 Å². The Morgan fingerprint density at radius 3 is 3.06 bits per heavy atom. The van der Waals surface area contributed by atoms with Gasteiger partial charge in [0, 0.05) is 24.8 Å². The average Bonchev–Trinajstić information content (AvgIpc) is 2.76. The lowest BCUT2D eigenvalue weighted by atomic mass is 10.2. The molecule has 0 bridgehead atoms. The topological polar surface area (TPSA) is 82.2 Å². The summed E-state index contributed by atoms with van der Waals surface area (Å²) in [4.78, 5) is 13.5. The molecule has 0 radical (unpaired) electrons. The third-order valence-electron chi connectivity index (χ3n) is 2.75. The van der Waals surface area contributed by atoms with E-state index in [-0.39, 0.29) is 12.1 Å². The highest BCUT2D eigenvalue weighted by Crippen LogP contribution is 2.13. The van der Waals surface area contributed by atoms with E-state index in [0.29, 0.717) is 24.3 Å². The van der Waals surface area contributed by atoms with Crippen molar-refractivity contribution in [2.45, 2.75) is 12.5 Å². The Morgan fingerprint density at radius 2 is 2.41 bits per heavy atom. The number of carbonyl (C=O) groups excluding carboxylic acids is 1. The van der Waals surface area contributed by atoms with Gasteiger partial charge in [-0.05, 0) is 24.6 Å². The van der Waals surface area contributed by atoms with Crippen molar-refractivity contribution in [2.24, 2.45) is 5.73 Å². The van der Waals surface area contributed by atoms with E-state index < -0.39 is 0 Å². The predicted molar refractivity (Wildman–Crippen MR) is 64.3 cm³/mol. The molecule has 0 unspecified atom stereocenters. The third-order valence-corrected chi connectivity index (χ3v) is 2.75. The van der Waals surface area contributed by atoms with Crippen molar-refractivity contribution in [3.8, 4) is 6.07 Å². The second kappa shape index (κ2) is 4.85. The number of nitrogens with two attached hydrogens (primary N) is 1. The zero-order chi connectivity index (χ0) is 12.3. The number of hydrogen-bond acceptors (Lipinski definition) is 3. The molecule has 1 aliphatic heterocycles. The van der Waals surface area contributed by atoms with Gasteiger partial charge in [-0.3, -0.25) is 0 Å². The lowest BCUT2D eigenvalue weighted by Gasteiger charge is -2.16. The van der Waals surface area contributed by atoms with Gasteiger partial charge in [0.25, 0.3) is 0 Å². The van der Waals surface area contributed by atoms with E-state index in [4.69, 9.17) is 11.0 Å². The molecule has 1 atom stereocenters. The zero-order valence-electron chi connectivity index (χ0n) is 9.39. The van der Waals surface area contributed by atoms with E-state index in [9.17, 15) is 4.79 Å². The summed E-state index contributed by atoms with van der Waals surface area (Å²) in [6, 6.07) is 8.79. The van der Waals surface area contributed by atoms with Crippen LogP contribution in [0, 0.1) is 11.3 Å². The van der Waals surface area contributed by atoms with Crippen LogP contribution < -0.4 is 11.1 Å². The minimum absolute atomic E-state index is 0.0752. The zero-order valence-corrected chi connectivity index (χ0v) is 9.39. The number of nitriles is 1. The first-order valence-corrected chi connectivity index (χ1v) is 5.50. The molecule has 0 aliphatic carbocycles.